The molecule has 6 heterocycles. The Morgan fingerprint density at radius 1 is 0.726 bits per heavy atom. The number of fused-ring (bicyclic) bond motifs is 6. The topological polar surface area (TPSA) is 160 Å². The molecule has 0 radical (unpaired) electrons. The van der Waals surface area contributed by atoms with Crippen LogP contribution in [0.1, 0.15) is 120 Å². The van der Waals surface area contributed by atoms with Crippen molar-refractivity contribution in [1.82, 2.24) is 45.7 Å². The molecule has 3 aromatic carbocycles. The number of imidazole rings is 2. The number of hydrogen-bond donors (Lipinski definition) is 5. The minimum absolute atomic E-state index is 0.0573. The van der Waals surface area contributed by atoms with Gasteiger partial charge in [-0.3, -0.25) is 9.59 Å². The maximum Gasteiger partial charge on any atom is 0.407 e. The fraction of sp³-hybridized carbons (Fsp3) is 0.490. The van der Waals surface area contributed by atoms with E-state index in [1.807, 2.05) is 43.1 Å². The molecule has 5 N–H and O–H groups in total. The van der Waals surface area contributed by atoms with Gasteiger partial charge in [0.15, 0.2) is 0 Å². The summed E-state index contributed by atoms with van der Waals surface area (Å²) in [6.45, 7) is 11.7. The molecular weight excluding hydrogens is 779 g/mol. The predicted octanol–water partition coefficient (Wildman–Crippen LogP) is 8.35. The largest absolute Gasteiger partial charge is 0.453 e. The Bertz CT molecular complexity index is 2490. The van der Waals surface area contributed by atoms with Crippen LogP contribution in [-0.2, 0) is 14.3 Å². The molecule has 5 aromatic rings. The first-order chi connectivity index (χ1) is 29.9. The highest BCUT2D eigenvalue weighted by atomic mass is 16.5. The molecule has 0 saturated carbocycles. The number of carbonyl (C=O) groups excluding carboxylic acids is 3. The molecule has 5 unspecified atom stereocenters. The number of benzene rings is 3. The van der Waals surface area contributed by atoms with E-state index in [9.17, 15) is 14.4 Å². The van der Waals surface area contributed by atoms with Crippen LogP contribution in [0.3, 0.4) is 0 Å². The summed E-state index contributed by atoms with van der Waals surface area (Å²) in [6, 6.07) is 17.2. The first-order valence-electron chi connectivity index (χ1n) is 22.6. The lowest BCUT2D eigenvalue weighted by Gasteiger charge is -2.30. The molecule has 7 atom stereocenters. The van der Waals surface area contributed by atoms with Gasteiger partial charge in [-0.1, -0.05) is 71.0 Å². The lowest BCUT2D eigenvalue weighted by molar-refractivity contribution is -0.136. The van der Waals surface area contributed by atoms with Crippen LogP contribution in [0.4, 0.5) is 4.79 Å². The van der Waals surface area contributed by atoms with Crippen LogP contribution in [0.25, 0.3) is 44.4 Å². The van der Waals surface area contributed by atoms with Crippen molar-refractivity contribution in [2.75, 3.05) is 27.2 Å². The van der Waals surface area contributed by atoms with Crippen LogP contribution >= 0.6 is 0 Å². The third-order valence-electron chi connectivity index (χ3n) is 13.9. The van der Waals surface area contributed by atoms with Crippen molar-refractivity contribution < 1.29 is 19.1 Å². The van der Waals surface area contributed by atoms with Gasteiger partial charge in [0.2, 0.25) is 11.8 Å². The van der Waals surface area contributed by atoms with Crippen LogP contribution in [0.15, 0.2) is 60.9 Å². The number of likely N-dealkylation sites (N-methyl/N-ethyl adjacent to an activating group) is 1. The molecule has 2 aromatic heterocycles. The highest BCUT2D eigenvalue weighted by molar-refractivity contribution is 5.92. The maximum absolute atomic E-state index is 13.7. The summed E-state index contributed by atoms with van der Waals surface area (Å²) in [7, 11) is 3.18. The summed E-state index contributed by atoms with van der Waals surface area (Å²) in [6.07, 6.45) is 8.92. The van der Waals surface area contributed by atoms with Crippen molar-refractivity contribution in [3.63, 3.8) is 0 Å². The number of carbonyl (C=O) groups is 3. The summed E-state index contributed by atoms with van der Waals surface area (Å²) < 4.78 is 4.80. The van der Waals surface area contributed by atoms with Gasteiger partial charge in [0, 0.05) is 36.3 Å². The molecule has 0 spiro atoms. The Morgan fingerprint density at radius 2 is 1.26 bits per heavy atom. The number of alkyl carbamates (subject to hydrolysis) is 1. The molecule has 4 aliphatic rings. The predicted molar refractivity (Wildman–Crippen MR) is 241 cm³/mol. The number of methoxy groups -OCH3 is 1. The third kappa shape index (κ3) is 7.57. The maximum atomic E-state index is 13.7. The summed E-state index contributed by atoms with van der Waals surface area (Å²) in [5.74, 6) is 2.34. The van der Waals surface area contributed by atoms with Gasteiger partial charge in [0.25, 0.3) is 0 Å². The van der Waals surface area contributed by atoms with Crippen molar-refractivity contribution in [3.05, 3.63) is 83.7 Å². The van der Waals surface area contributed by atoms with Crippen molar-refractivity contribution in [2.24, 2.45) is 17.8 Å². The Morgan fingerprint density at radius 3 is 1.85 bits per heavy atom. The van der Waals surface area contributed by atoms with Gasteiger partial charge < -0.3 is 40.5 Å². The molecular formula is C49H61N9O4. The van der Waals surface area contributed by atoms with E-state index in [0.29, 0.717) is 12.5 Å². The number of aromatic amines is 2. The molecule has 13 nitrogen and oxygen atoms in total. The van der Waals surface area contributed by atoms with Gasteiger partial charge in [-0.15, -0.1) is 0 Å². The molecule has 0 aliphatic carbocycles. The number of piperidine rings is 1. The van der Waals surface area contributed by atoms with Gasteiger partial charge >= 0.3 is 6.09 Å². The van der Waals surface area contributed by atoms with Crippen LogP contribution in [0.5, 0.6) is 0 Å². The summed E-state index contributed by atoms with van der Waals surface area (Å²) in [5, 5.41) is 12.2. The molecule has 9 rings (SSSR count). The summed E-state index contributed by atoms with van der Waals surface area (Å²) in [5.41, 5.74) is 9.33. The minimum atomic E-state index is -0.681. The number of hydrogen-bond acceptors (Lipinski definition) is 8. The smallest absolute Gasteiger partial charge is 0.407 e. The molecule has 3 saturated heterocycles. The first-order valence-corrected chi connectivity index (χ1v) is 22.6. The molecule has 2 bridgehead atoms. The van der Waals surface area contributed by atoms with Gasteiger partial charge in [-0.05, 0) is 108 Å². The Kier molecular flexibility index (Phi) is 11.4. The van der Waals surface area contributed by atoms with Crippen LogP contribution in [0.2, 0.25) is 0 Å². The fourth-order valence-corrected chi connectivity index (χ4v) is 10.9. The molecule has 13 heteroatoms. The Hall–Kier alpha value is -5.53. The molecule has 62 heavy (non-hydrogen) atoms. The fourth-order valence-electron chi connectivity index (χ4n) is 10.9. The Balaban J connectivity index is 0.981. The van der Waals surface area contributed by atoms with E-state index in [2.05, 4.69) is 95.2 Å². The van der Waals surface area contributed by atoms with Crippen LogP contribution in [-0.4, -0.2) is 87.0 Å². The zero-order chi connectivity index (χ0) is 43.4. The van der Waals surface area contributed by atoms with E-state index in [0.717, 1.165) is 84.4 Å². The third-order valence-corrected chi connectivity index (χ3v) is 13.9. The molecule has 4 aliphatic heterocycles. The average molecular weight is 840 g/mol. The van der Waals surface area contributed by atoms with E-state index in [4.69, 9.17) is 14.7 Å². The van der Waals surface area contributed by atoms with Gasteiger partial charge in [0.1, 0.15) is 17.7 Å². The van der Waals surface area contributed by atoms with E-state index < -0.39 is 12.1 Å². The lowest BCUT2D eigenvalue weighted by atomic mass is 9.87. The SMILES string of the molecule is CNC(C(=O)N1CCC[C@H]1c1ncc(-c2ccc(-c3ccc4cc(-c5cnc(C6CCCN6C(=O)[C@@H](NC(=O)OC)C(C)C)[nH]5)ccc4c3)c3c2C2CC(C)CC3N2)[nH]1)C(C)C. The lowest BCUT2D eigenvalue weighted by Crippen LogP contribution is -2.51. The second-order valence-corrected chi connectivity index (χ2v) is 18.7. The second kappa shape index (κ2) is 17.0. The number of ether oxygens (including phenoxy) is 1. The van der Waals surface area contributed by atoms with Crippen molar-refractivity contribution in [2.45, 2.75) is 109 Å². The zero-order valence-corrected chi connectivity index (χ0v) is 37.0. The number of nitrogens with one attached hydrogen (secondary N) is 5. The Labute approximate surface area is 364 Å². The molecule has 326 valence electrons. The van der Waals surface area contributed by atoms with Crippen molar-refractivity contribution in [1.29, 1.82) is 0 Å². The highest BCUT2D eigenvalue weighted by Crippen LogP contribution is 2.52. The van der Waals surface area contributed by atoms with E-state index in [-0.39, 0.29) is 53.9 Å². The van der Waals surface area contributed by atoms with Gasteiger partial charge in [0.05, 0.1) is 49.0 Å². The van der Waals surface area contributed by atoms with E-state index in [1.54, 1.807) is 0 Å². The van der Waals surface area contributed by atoms with E-state index in [1.165, 1.54) is 34.9 Å². The zero-order valence-electron chi connectivity index (χ0n) is 37.0. The number of likely N-dealkylation sites (tertiary alicyclic amines) is 2. The van der Waals surface area contributed by atoms with Crippen molar-refractivity contribution >= 4 is 28.7 Å². The van der Waals surface area contributed by atoms with Gasteiger partial charge in [-0.25, -0.2) is 14.8 Å². The summed E-state index contributed by atoms with van der Waals surface area (Å²) in [4.78, 5) is 60.2. The standard InChI is InChI=1S/C49H61N9O4/c1-26(2)43(50-6)47(59)57-18-8-11-40(57)46-52-25-38(55-46)34-17-16-33(41-35-20-28(5)21-36(53-35)42(34)41)31-14-12-30-23-32(15-13-29(30)22-31)37-24-51-45(54-37)39-10-9-19-58(39)48(60)44(27(3)4)56-49(61)62-7/h12-17,22-28,35-36,39-40,43-44,50,53H,8-11,18-21H2,1-7H3,(H,51,54)(H,52,55)(H,56,61)/t28?,35?,36?,39?,40-,43?,44-/m0/s1. The number of amides is 3. The van der Waals surface area contributed by atoms with Crippen molar-refractivity contribution in [3.8, 4) is 33.6 Å². The average Bonchev–Trinajstić information content (AvgIpc) is 4.12. The quantitative estimate of drug-likeness (QED) is 0.0888. The monoisotopic (exact) mass is 839 g/mol. The van der Waals surface area contributed by atoms with Gasteiger partial charge in [-0.2, -0.15) is 0 Å². The highest BCUT2D eigenvalue weighted by Gasteiger charge is 2.42. The second-order valence-electron chi connectivity index (χ2n) is 18.7. The number of rotatable bonds is 11. The molecule has 3 amide bonds. The van der Waals surface area contributed by atoms with E-state index >= 15 is 0 Å². The number of aromatic nitrogens is 4. The minimum Gasteiger partial charge on any atom is -0.453 e. The number of H-pyrrole nitrogens is 2. The first kappa shape index (κ1) is 41.8. The van der Waals surface area contributed by atoms with Crippen LogP contribution in [0, 0.1) is 17.8 Å². The molecule has 3 fully saturated rings. The normalized spacial score (nSPS) is 23.0. The summed E-state index contributed by atoms with van der Waals surface area (Å²) >= 11 is 0. The van der Waals surface area contributed by atoms with Crippen LogP contribution < -0.4 is 16.0 Å². The number of nitrogens with zero attached hydrogens (tertiary/aromatic N) is 4.